The molecule has 0 unspecified atom stereocenters. The predicted molar refractivity (Wildman–Crippen MR) is 61.4 cm³/mol. The summed E-state index contributed by atoms with van der Waals surface area (Å²) >= 11 is 1.04. The lowest BCUT2D eigenvalue weighted by molar-refractivity contribution is -0.137. The van der Waals surface area contributed by atoms with Crippen LogP contribution in [-0.2, 0) is 11.0 Å². The summed E-state index contributed by atoms with van der Waals surface area (Å²) in [6.45, 7) is 1.41. The van der Waals surface area contributed by atoms with Gasteiger partial charge in [-0.2, -0.15) is 13.2 Å². The number of nitrogens with zero attached hydrogens (tertiary/aromatic N) is 1. The van der Waals surface area contributed by atoms with E-state index in [0.29, 0.717) is 5.75 Å². The number of halogens is 3. The van der Waals surface area contributed by atoms with Crippen molar-refractivity contribution in [2.45, 2.75) is 13.1 Å². The van der Waals surface area contributed by atoms with Gasteiger partial charge in [0.25, 0.3) is 0 Å². The van der Waals surface area contributed by atoms with Gasteiger partial charge in [0.15, 0.2) is 5.12 Å². The van der Waals surface area contributed by atoms with Crippen LogP contribution in [0.3, 0.4) is 0 Å². The summed E-state index contributed by atoms with van der Waals surface area (Å²) in [5.74, 6) is 0.349. The van der Waals surface area contributed by atoms with E-state index >= 15 is 0 Å². The van der Waals surface area contributed by atoms with E-state index in [1.54, 1.807) is 0 Å². The molecule has 1 rings (SSSR count). The van der Waals surface area contributed by atoms with E-state index in [1.807, 2.05) is 0 Å². The van der Waals surface area contributed by atoms with Crippen molar-refractivity contribution < 1.29 is 18.0 Å². The predicted octanol–water partition coefficient (Wildman–Crippen LogP) is 3.39. The number of pyridine rings is 1. The summed E-state index contributed by atoms with van der Waals surface area (Å²) in [5, 5.41) is -0.0723. The Morgan fingerprint density at radius 2 is 2.24 bits per heavy atom. The smallest absolute Gasteiger partial charge is 0.288 e. The monoisotopic (exact) mass is 261 g/mol. The molecule has 0 fully saturated rings. The lowest BCUT2D eigenvalue weighted by atomic mass is 10.1. The molecule has 0 radical (unpaired) electrons. The van der Waals surface area contributed by atoms with E-state index in [2.05, 4.69) is 4.98 Å². The fourth-order valence-corrected chi connectivity index (χ4v) is 1.57. The fourth-order valence-electron chi connectivity index (χ4n) is 1.14. The lowest BCUT2D eigenvalue weighted by Gasteiger charge is -2.08. The molecule has 0 aliphatic carbocycles. The molecule has 0 atom stereocenters. The van der Waals surface area contributed by atoms with E-state index in [4.69, 9.17) is 0 Å². The van der Waals surface area contributed by atoms with Crippen LogP contribution in [0.2, 0.25) is 0 Å². The summed E-state index contributed by atoms with van der Waals surface area (Å²) < 4.78 is 37.7. The van der Waals surface area contributed by atoms with Crippen LogP contribution in [0, 0.1) is 0 Å². The summed E-state index contributed by atoms with van der Waals surface area (Å²) in [6, 6.07) is 0.928. The Labute approximate surface area is 101 Å². The number of hydrogen-bond acceptors (Lipinski definition) is 3. The van der Waals surface area contributed by atoms with Crippen LogP contribution >= 0.6 is 11.8 Å². The van der Waals surface area contributed by atoms with Crippen LogP contribution in [-0.4, -0.2) is 15.9 Å². The van der Waals surface area contributed by atoms with E-state index in [0.717, 1.165) is 30.2 Å². The third kappa shape index (κ3) is 4.60. The van der Waals surface area contributed by atoms with Crippen LogP contribution in [0.15, 0.2) is 24.5 Å². The second kappa shape index (κ2) is 5.86. The SMILES string of the molecule is CC(=O)SCC=Cc1cnccc1C(F)(F)F. The minimum Gasteiger partial charge on any atom is -0.288 e. The van der Waals surface area contributed by atoms with E-state index in [9.17, 15) is 18.0 Å². The van der Waals surface area contributed by atoms with E-state index in [-0.39, 0.29) is 10.7 Å². The van der Waals surface area contributed by atoms with Gasteiger partial charge in [-0.1, -0.05) is 23.9 Å². The highest BCUT2D eigenvalue weighted by molar-refractivity contribution is 8.13. The minimum atomic E-state index is -4.39. The van der Waals surface area contributed by atoms with Gasteiger partial charge in [-0.3, -0.25) is 9.78 Å². The molecular weight excluding hydrogens is 251 g/mol. The number of hydrogen-bond donors (Lipinski definition) is 0. The Hall–Kier alpha value is -1.30. The molecule has 0 aromatic carbocycles. The first-order valence-electron chi connectivity index (χ1n) is 4.72. The maximum Gasteiger partial charge on any atom is 0.417 e. The first kappa shape index (κ1) is 13.8. The number of carbonyl (C=O) groups is 1. The molecule has 1 aromatic rings. The lowest BCUT2D eigenvalue weighted by Crippen LogP contribution is -2.07. The van der Waals surface area contributed by atoms with Gasteiger partial charge in [0.2, 0.25) is 0 Å². The van der Waals surface area contributed by atoms with Crippen molar-refractivity contribution in [2.24, 2.45) is 0 Å². The van der Waals surface area contributed by atoms with E-state index < -0.39 is 11.7 Å². The largest absolute Gasteiger partial charge is 0.417 e. The van der Waals surface area contributed by atoms with Gasteiger partial charge in [-0.15, -0.1) is 0 Å². The Morgan fingerprint density at radius 1 is 1.53 bits per heavy atom. The maximum absolute atomic E-state index is 12.6. The molecule has 0 spiro atoms. The second-order valence-electron chi connectivity index (χ2n) is 3.17. The molecule has 0 saturated heterocycles. The van der Waals surface area contributed by atoms with Gasteiger partial charge in [0.1, 0.15) is 0 Å². The highest BCUT2D eigenvalue weighted by atomic mass is 32.2. The molecule has 0 saturated carbocycles. The number of thioether (sulfide) groups is 1. The van der Waals surface area contributed by atoms with Crippen LogP contribution in [0.5, 0.6) is 0 Å². The first-order chi connectivity index (χ1) is 7.91. The van der Waals surface area contributed by atoms with Crippen molar-refractivity contribution in [1.82, 2.24) is 4.98 Å². The van der Waals surface area contributed by atoms with Crippen LogP contribution in [0.4, 0.5) is 13.2 Å². The Kier molecular flexibility index (Phi) is 4.74. The Bertz CT molecular complexity index is 429. The topological polar surface area (TPSA) is 30.0 Å². The molecule has 6 heteroatoms. The van der Waals surface area contributed by atoms with Crippen molar-refractivity contribution in [3.05, 3.63) is 35.7 Å². The number of carbonyl (C=O) groups excluding carboxylic acids is 1. The van der Waals surface area contributed by atoms with Crippen LogP contribution < -0.4 is 0 Å². The molecule has 2 nitrogen and oxygen atoms in total. The highest BCUT2D eigenvalue weighted by Crippen LogP contribution is 2.31. The third-order valence-electron chi connectivity index (χ3n) is 1.84. The van der Waals surface area contributed by atoms with Gasteiger partial charge in [0, 0.05) is 30.6 Å². The van der Waals surface area contributed by atoms with Crippen LogP contribution in [0.1, 0.15) is 18.1 Å². The first-order valence-corrected chi connectivity index (χ1v) is 5.71. The van der Waals surface area contributed by atoms with E-state index in [1.165, 1.54) is 19.1 Å². The molecule has 17 heavy (non-hydrogen) atoms. The Balaban J connectivity index is 2.81. The summed E-state index contributed by atoms with van der Waals surface area (Å²) in [7, 11) is 0. The van der Waals surface area contributed by atoms with Gasteiger partial charge in [-0.05, 0) is 6.07 Å². The Morgan fingerprint density at radius 3 is 2.82 bits per heavy atom. The number of aromatic nitrogens is 1. The zero-order valence-electron chi connectivity index (χ0n) is 8.99. The minimum absolute atomic E-state index is 0.00384. The number of alkyl halides is 3. The van der Waals surface area contributed by atoms with Crippen molar-refractivity contribution in [1.29, 1.82) is 0 Å². The van der Waals surface area contributed by atoms with Gasteiger partial charge >= 0.3 is 6.18 Å². The molecule has 0 aliphatic heterocycles. The zero-order valence-corrected chi connectivity index (χ0v) is 9.81. The van der Waals surface area contributed by atoms with Crippen molar-refractivity contribution in [3.8, 4) is 0 Å². The molecule has 1 aromatic heterocycles. The molecule has 0 N–H and O–H groups in total. The average Bonchev–Trinajstić information content (AvgIpc) is 2.23. The second-order valence-corrected chi connectivity index (χ2v) is 4.36. The number of rotatable bonds is 3. The highest BCUT2D eigenvalue weighted by Gasteiger charge is 2.32. The average molecular weight is 261 g/mol. The molecule has 92 valence electrons. The van der Waals surface area contributed by atoms with Gasteiger partial charge < -0.3 is 0 Å². The molecular formula is C11H10F3NOS. The summed E-state index contributed by atoms with van der Waals surface area (Å²) in [6.07, 6.45) is 0.697. The maximum atomic E-state index is 12.6. The quantitative estimate of drug-likeness (QED) is 0.835. The van der Waals surface area contributed by atoms with Crippen molar-refractivity contribution in [2.75, 3.05) is 5.75 Å². The summed E-state index contributed by atoms with van der Waals surface area (Å²) in [4.78, 5) is 14.3. The molecule has 1 heterocycles. The normalized spacial score (nSPS) is 12.0. The van der Waals surface area contributed by atoms with Crippen LogP contribution in [0.25, 0.3) is 6.08 Å². The molecule has 0 aliphatic rings. The van der Waals surface area contributed by atoms with Crippen molar-refractivity contribution in [3.63, 3.8) is 0 Å². The molecule has 0 amide bonds. The third-order valence-corrected chi connectivity index (χ3v) is 2.60. The van der Waals surface area contributed by atoms with Crippen molar-refractivity contribution >= 4 is 23.0 Å². The zero-order chi connectivity index (χ0) is 12.9. The fraction of sp³-hybridized carbons (Fsp3) is 0.273. The molecule has 0 bridgehead atoms. The van der Waals surface area contributed by atoms with Gasteiger partial charge in [-0.25, -0.2) is 0 Å². The standard InChI is InChI=1S/C11H10F3NOS/c1-8(16)17-6-2-3-9-7-15-5-4-10(9)11(12,13)14/h2-5,7H,6H2,1H3. The van der Waals surface area contributed by atoms with Gasteiger partial charge in [0.05, 0.1) is 5.56 Å². The summed E-state index contributed by atoms with van der Waals surface area (Å²) in [5.41, 5.74) is -0.722.